The van der Waals surface area contributed by atoms with E-state index in [-0.39, 0.29) is 23.9 Å². The summed E-state index contributed by atoms with van der Waals surface area (Å²) in [5.74, 6) is -0.0434. The Bertz CT molecular complexity index is 1200. The number of aryl methyl sites for hydroxylation is 1. The van der Waals surface area contributed by atoms with Gasteiger partial charge in [0.15, 0.2) is 0 Å². The fourth-order valence-corrected chi connectivity index (χ4v) is 6.65. The lowest BCUT2D eigenvalue weighted by Gasteiger charge is -2.30. The Hall–Kier alpha value is -2.95. The Morgan fingerprint density at radius 3 is 2.27 bits per heavy atom. The van der Waals surface area contributed by atoms with Crippen LogP contribution in [0.25, 0.3) is 0 Å². The van der Waals surface area contributed by atoms with Gasteiger partial charge in [-0.25, -0.2) is 13.2 Å². The summed E-state index contributed by atoms with van der Waals surface area (Å²) in [6, 6.07) is 15.5. The van der Waals surface area contributed by atoms with Crippen LogP contribution in [0.5, 0.6) is 0 Å². The minimum atomic E-state index is -3.62. The molecule has 2 atom stereocenters. The maximum atomic E-state index is 13.5. The first-order valence-electron chi connectivity index (χ1n) is 14.6. The van der Waals surface area contributed by atoms with Crippen molar-refractivity contribution in [3.8, 4) is 0 Å². The first-order chi connectivity index (χ1) is 19.6. The summed E-state index contributed by atoms with van der Waals surface area (Å²) in [7, 11) is -3.62. The van der Waals surface area contributed by atoms with Crippen molar-refractivity contribution in [3.05, 3.63) is 65.7 Å². The van der Waals surface area contributed by atoms with Gasteiger partial charge in [0.2, 0.25) is 15.9 Å². The largest absolute Gasteiger partial charge is 0.378 e. The number of carbonyl (C=O) groups excluding carboxylic acids is 2. The minimum Gasteiger partial charge on any atom is -0.378 e. The van der Waals surface area contributed by atoms with E-state index in [0.717, 1.165) is 17.5 Å². The highest BCUT2D eigenvalue weighted by Gasteiger charge is 2.29. The Morgan fingerprint density at radius 2 is 1.63 bits per heavy atom. The van der Waals surface area contributed by atoms with Crippen LogP contribution >= 0.6 is 0 Å². The molecule has 1 aliphatic heterocycles. The number of rotatable bonds is 14. The number of urea groups is 1. The van der Waals surface area contributed by atoms with E-state index < -0.39 is 16.1 Å². The van der Waals surface area contributed by atoms with Crippen LogP contribution in [0.4, 0.5) is 4.79 Å². The van der Waals surface area contributed by atoms with E-state index in [9.17, 15) is 18.0 Å². The zero-order valence-electron chi connectivity index (χ0n) is 24.8. The molecule has 0 aliphatic carbocycles. The molecule has 0 radical (unpaired) electrons. The van der Waals surface area contributed by atoms with Crippen molar-refractivity contribution in [1.29, 1.82) is 0 Å². The quantitative estimate of drug-likeness (QED) is 0.326. The van der Waals surface area contributed by atoms with Gasteiger partial charge in [0.25, 0.3) is 0 Å². The third kappa shape index (κ3) is 10.1. The molecule has 226 valence electrons. The fraction of sp³-hybridized carbons (Fsp3) is 0.548. The van der Waals surface area contributed by atoms with Crippen molar-refractivity contribution in [2.24, 2.45) is 5.92 Å². The lowest BCUT2D eigenvalue weighted by molar-refractivity contribution is -0.123. The van der Waals surface area contributed by atoms with Gasteiger partial charge in [-0.3, -0.25) is 4.79 Å². The molecule has 9 nitrogen and oxygen atoms in total. The van der Waals surface area contributed by atoms with Gasteiger partial charge in [-0.05, 0) is 50.3 Å². The summed E-state index contributed by atoms with van der Waals surface area (Å²) in [6.07, 6.45) is 2.52. The number of ether oxygens (including phenoxy) is 1. The lowest BCUT2D eigenvalue weighted by atomic mass is 10.1. The molecule has 0 aromatic heterocycles. The summed E-state index contributed by atoms with van der Waals surface area (Å²) in [6.45, 7) is 10.8. The number of hydrogen-bond acceptors (Lipinski definition) is 5. The van der Waals surface area contributed by atoms with Crippen LogP contribution in [-0.2, 0) is 26.0 Å². The molecule has 0 bridgehead atoms. The number of nitrogens with zero attached hydrogens (tertiary/aromatic N) is 2. The SMILES string of the molecule is Cc1ccc(S(=O)(=O)N(CC(C)C)[C@H](C)CCCCNC(=O)[C@H](Cc2ccccc2)NC(=O)N2CCOCC2)cc1. The molecule has 0 unspecified atom stereocenters. The molecule has 2 aromatic carbocycles. The van der Waals surface area contributed by atoms with Crippen molar-refractivity contribution in [1.82, 2.24) is 19.8 Å². The topological polar surface area (TPSA) is 108 Å². The normalized spacial score (nSPS) is 15.5. The van der Waals surface area contributed by atoms with Crippen LogP contribution in [0, 0.1) is 12.8 Å². The molecule has 0 spiro atoms. The number of nitrogens with one attached hydrogen (secondary N) is 2. The van der Waals surface area contributed by atoms with Crippen molar-refractivity contribution < 1.29 is 22.7 Å². The molecule has 1 aliphatic rings. The highest BCUT2D eigenvalue weighted by molar-refractivity contribution is 7.89. The van der Waals surface area contributed by atoms with E-state index in [1.165, 1.54) is 0 Å². The van der Waals surface area contributed by atoms with Gasteiger partial charge in [0, 0.05) is 38.6 Å². The number of amides is 3. The fourth-order valence-electron chi connectivity index (χ4n) is 4.83. The summed E-state index contributed by atoms with van der Waals surface area (Å²) < 4.78 is 33.8. The van der Waals surface area contributed by atoms with E-state index in [4.69, 9.17) is 4.74 Å². The molecule has 10 heteroatoms. The molecule has 1 saturated heterocycles. The zero-order valence-corrected chi connectivity index (χ0v) is 25.7. The van der Waals surface area contributed by atoms with E-state index in [0.29, 0.717) is 63.6 Å². The van der Waals surface area contributed by atoms with Crippen LogP contribution in [0.1, 0.15) is 51.2 Å². The van der Waals surface area contributed by atoms with Crippen LogP contribution in [0.3, 0.4) is 0 Å². The second-order valence-corrected chi connectivity index (χ2v) is 13.1. The number of hydrogen-bond donors (Lipinski definition) is 2. The van der Waals surface area contributed by atoms with Gasteiger partial charge < -0.3 is 20.3 Å². The molecule has 2 aromatic rings. The molecular formula is C31H46N4O5S. The maximum Gasteiger partial charge on any atom is 0.318 e. The van der Waals surface area contributed by atoms with Crippen molar-refractivity contribution in [2.45, 2.75) is 70.4 Å². The smallest absolute Gasteiger partial charge is 0.318 e. The average Bonchev–Trinajstić information content (AvgIpc) is 2.96. The van der Waals surface area contributed by atoms with Crippen LogP contribution in [-0.4, -0.2) is 81.0 Å². The molecule has 2 N–H and O–H groups in total. The maximum absolute atomic E-state index is 13.5. The highest BCUT2D eigenvalue weighted by Crippen LogP contribution is 2.22. The molecule has 3 rings (SSSR count). The Balaban J connectivity index is 1.54. The molecular weight excluding hydrogens is 540 g/mol. The van der Waals surface area contributed by atoms with E-state index >= 15 is 0 Å². The van der Waals surface area contributed by atoms with Gasteiger partial charge in [-0.15, -0.1) is 0 Å². The second kappa shape index (κ2) is 15.9. The van der Waals surface area contributed by atoms with Crippen LogP contribution in [0.15, 0.2) is 59.5 Å². The summed E-state index contributed by atoms with van der Waals surface area (Å²) in [5.41, 5.74) is 1.98. The highest BCUT2D eigenvalue weighted by atomic mass is 32.2. The van der Waals surface area contributed by atoms with E-state index in [1.54, 1.807) is 21.3 Å². The van der Waals surface area contributed by atoms with Crippen LogP contribution in [0.2, 0.25) is 0 Å². The Kier molecular flexibility index (Phi) is 12.6. The third-order valence-electron chi connectivity index (χ3n) is 7.21. The minimum absolute atomic E-state index is 0.182. The zero-order chi connectivity index (χ0) is 29.8. The van der Waals surface area contributed by atoms with Crippen LogP contribution < -0.4 is 10.6 Å². The van der Waals surface area contributed by atoms with E-state index in [1.807, 2.05) is 70.2 Å². The summed E-state index contributed by atoms with van der Waals surface area (Å²) >= 11 is 0. The average molecular weight is 587 g/mol. The standard InChI is InChI=1S/C31H46N4O5S/c1-24(2)23-35(41(38,39)28-15-13-25(3)14-16-28)26(4)10-8-9-17-32-30(36)29(22-27-11-6-5-7-12-27)33-31(37)34-18-20-40-21-19-34/h5-7,11-16,24,26,29H,8-10,17-23H2,1-4H3,(H,32,36)(H,33,37)/t26-,29+/m1/s1. The monoisotopic (exact) mass is 586 g/mol. The first kappa shape index (κ1) is 32.6. The van der Waals surface area contributed by atoms with Crippen molar-refractivity contribution >= 4 is 22.0 Å². The molecule has 1 heterocycles. The number of morpholine rings is 1. The molecule has 0 saturated carbocycles. The van der Waals surface area contributed by atoms with E-state index in [2.05, 4.69) is 10.6 Å². The van der Waals surface area contributed by atoms with Crippen molar-refractivity contribution in [3.63, 3.8) is 0 Å². The number of sulfonamides is 1. The predicted octanol–water partition coefficient (Wildman–Crippen LogP) is 3.97. The van der Waals surface area contributed by atoms with Gasteiger partial charge >= 0.3 is 6.03 Å². The second-order valence-electron chi connectivity index (χ2n) is 11.2. The molecule has 41 heavy (non-hydrogen) atoms. The third-order valence-corrected chi connectivity index (χ3v) is 9.20. The summed E-state index contributed by atoms with van der Waals surface area (Å²) in [4.78, 5) is 28.0. The predicted molar refractivity (Wildman–Crippen MR) is 161 cm³/mol. The Labute approximate surface area is 245 Å². The molecule has 3 amide bonds. The summed E-state index contributed by atoms with van der Waals surface area (Å²) in [5, 5.41) is 5.89. The number of carbonyl (C=O) groups is 2. The van der Waals surface area contributed by atoms with Gasteiger partial charge in [-0.1, -0.05) is 68.3 Å². The number of benzene rings is 2. The van der Waals surface area contributed by atoms with Gasteiger partial charge in [-0.2, -0.15) is 4.31 Å². The first-order valence-corrected chi connectivity index (χ1v) is 16.0. The lowest BCUT2D eigenvalue weighted by Crippen LogP contribution is -2.54. The molecule has 1 fully saturated rings. The van der Waals surface area contributed by atoms with Gasteiger partial charge in [0.1, 0.15) is 6.04 Å². The Morgan fingerprint density at radius 1 is 0.976 bits per heavy atom. The van der Waals surface area contributed by atoms with Gasteiger partial charge in [0.05, 0.1) is 18.1 Å². The van der Waals surface area contributed by atoms with Crippen molar-refractivity contribution in [2.75, 3.05) is 39.4 Å². The number of unbranched alkanes of at least 4 members (excludes halogenated alkanes) is 1.